The molecule has 3 nitrogen and oxygen atoms in total. The SMILES string of the molecule is COc1ccc(CC(C)(C)[N+]#Cc2ccccc2N)c2ccccc12. The van der Waals surface area contributed by atoms with Gasteiger partial charge < -0.3 is 10.5 Å². The lowest BCUT2D eigenvalue weighted by molar-refractivity contribution is 0.419. The Kier molecular flexibility index (Phi) is 4.63. The molecule has 0 aliphatic carbocycles. The molecule has 0 radical (unpaired) electrons. The van der Waals surface area contributed by atoms with Crippen molar-refractivity contribution >= 4 is 16.5 Å². The molecule has 0 aliphatic heterocycles. The summed E-state index contributed by atoms with van der Waals surface area (Å²) in [5.74, 6) is 0.893. The fraction of sp³-hybridized carbons (Fsp3) is 0.227. The maximum atomic E-state index is 5.97. The van der Waals surface area contributed by atoms with Crippen molar-refractivity contribution in [2.75, 3.05) is 12.8 Å². The Morgan fingerprint density at radius 1 is 0.960 bits per heavy atom. The molecule has 3 rings (SSSR count). The van der Waals surface area contributed by atoms with E-state index < -0.39 is 0 Å². The van der Waals surface area contributed by atoms with E-state index in [2.05, 4.69) is 49.0 Å². The van der Waals surface area contributed by atoms with Crippen LogP contribution in [0.1, 0.15) is 25.0 Å². The van der Waals surface area contributed by atoms with Crippen molar-refractivity contribution < 1.29 is 4.74 Å². The van der Waals surface area contributed by atoms with Gasteiger partial charge in [-0.15, -0.1) is 0 Å². The topological polar surface area (TPSA) is 39.6 Å². The van der Waals surface area contributed by atoms with E-state index >= 15 is 0 Å². The normalized spacial score (nSPS) is 11.0. The summed E-state index contributed by atoms with van der Waals surface area (Å²) in [6.45, 7) is 4.22. The molecule has 3 heteroatoms. The average molecular weight is 331 g/mol. The van der Waals surface area contributed by atoms with Crippen molar-refractivity contribution in [3.05, 3.63) is 76.6 Å². The summed E-state index contributed by atoms with van der Waals surface area (Å²) in [6.07, 6.45) is 0.803. The Hall–Kier alpha value is -2.99. The summed E-state index contributed by atoms with van der Waals surface area (Å²) < 4.78 is 5.48. The molecule has 0 atom stereocenters. The van der Waals surface area contributed by atoms with Crippen LogP contribution in [0.15, 0.2) is 60.7 Å². The van der Waals surface area contributed by atoms with Crippen LogP contribution >= 0.6 is 0 Å². The van der Waals surface area contributed by atoms with Gasteiger partial charge in [0.1, 0.15) is 11.3 Å². The third kappa shape index (κ3) is 3.75. The zero-order chi connectivity index (χ0) is 17.9. The number of methoxy groups -OCH3 is 1. The minimum absolute atomic E-state index is 0.292. The van der Waals surface area contributed by atoms with Gasteiger partial charge in [-0.25, -0.2) is 0 Å². The smallest absolute Gasteiger partial charge is 0.314 e. The van der Waals surface area contributed by atoms with E-state index in [9.17, 15) is 0 Å². The van der Waals surface area contributed by atoms with E-state index in [1.54, 1.807) is 7.11 Å². The predicted octanol–water partition coefficient (Wildman–Crippen LogP) is 5.13. The van der Waals surface area contributed by atoms with Crippen LogP contribution in [0.2, 0.25) is 0 Å². The van der Waals surface area contributed by atoms with Crippen LogP contribution in [0.4, 0.5) is 5.69 Å². The predicted molar refractivity (Wildman–Crippen MR) is 105 cm³/mol. The zero-order valence-electron chi connectivity index (χ0n) is 14.9. The maximum absolute atomic E-state index is 5.97. The standard InChI is InChI=1S/C22H22N2O/c1-22(2,24-15-17-8-4-7-11-20(17)23)14-16-12-13-21(25-3)19-10-6-5-9-18(16)19/h4-13,23H,14H2,1-3H3/p+1. The largest absolute Gasteiger partial charge is 0.496 e. The molecular weight excluding hydrogens is 308 g/mol. The number of hydrogen-bond acceptors (Lipinski definition) is 2. The molecule has 0 saturated carbocycles. The number of rotatable bonds is 3. The number of ether oxygens (including phenoxy) is 1. The molecule has 2 N–H and O–H groups in total. The number of para-hydroxylation sites is 1. The Morgan fingerprint density at radius 3 is 2.36 bits per heavy atom. The molecule has 3 aromatic rings. The number of nitrogens with zero attached hydrogens (tertiary/aromatic N) is 1. The van der Waals surface area contributed by atoms with Gasteiger partial charge in [0.25, 0.3) is 5.54 Å². The number of hydrogen-bond donors (Lipinski definition) is 1. The maximum Gasteiger partial charge on any atom is 0.314 e. The summed E-state index contributed by atoms with van der Waals surface area (Å²) >= 11 is 0. The van der Waals surface area contributed by atoms with Crippen LogP contribution in [0.3, 0.4) is 0 Å². The number of nitrogen functional groups attached to an aromatic ring is 1. The van der Waals surface area contributed by atoms with Crippen LogP contribution in [0, 0.1) is 6.07 Å². The first-order valence-corrected chi connectivity index (χ1v) is 8.37. The van der Waals surface area contributed by atoms with E-state index in [1.807, 2.05) is 36.4 Å². The molecule has 126 valence electrons. The summed E-state index contributed by atoms with van der Waals surface area (Å²) in [6, 6.07) is 23.2. The van der Waals surface area contributed by atoms with Crippen molar-refractivity contribution in [2.24, 2.45) is 0 Å². The summed E-state index contributed by atoms with van der Waals surface area (Å²) in [5.41, 5.74) is 8.44. The van der Waals surface area contributed by atoms with E-state index in [4.69, 9.17) is 10.5 Å². The third-order valence-corrected chi connectivity index (χ3v) is 4.26. The number of nitrogens with two attached hydrogens (primary N) is 1. The second-order valence-corrected chi connectivity index (χ2v) is 6.77. The van der Waals surface area contributed by atoms with Gasteiger partial charge in [0.2, 0.25) is 0 Å². The van der Waals surface area contributed by atoms with Crippen molar-refractivity contribution in [1.82, 2.24) is 0 Å². The highest BCUT2D eigenvalue weighted by atomic mass is 16.5. The lowest BCUT2D eigenvalue weighted by Crippen LogP contribution is -2.18. The molecule has 0 amide bonds. The highest BCUT2D eigenvalue weighted by Gasteiger charge is 2.29. The fourth-order valence-electron chi connectivity index (χ4n) is 2.98. The molecule has 0 bridgehead atoms. The van der Waals surface area contributed by atoms with Crippen LogP contribution in [0.5, 0.6) is 5.75 Å². The van der Waals surface area contributed by atoms with Crippen LogP contribution in [-0.4, -0.2) is 12.6 Å². The van der Waals surface area contributed by atoms with Crippen LogP contribution < -0.4 is 10.5 Å². The molecule has 0 saturated heterocycles. The summed E-state index contributed by atoms with van der Waals surface area (Å²) in [7, 11) is 1.70. The molecule has 0 heterocycles. The highest BCUT2D eigenvalue weighted by molar-refractivity contribution is 5.91. The zero-order valence-corrected chi connectivity index (χ0v) is 14.9. The molecular formula is C22H23N2O+. The van der Waals surface area contributed by atoms with Gasteiger partial charge in [0.05, 0.1) is 19.2 Å². The quantitative estimate of drug-likeness (QED) is 0.676. The average Bonchev–Trinajstić information content (AvgIpc) is 2.61. The minimum Gasteiger partial charge on any atom is -0.496 e. The molecule has 0 spiro atoms. The molecule has 0 aromatic heterocycles. The van der Waals surface area contributed by atoms with Gasteiger partial charge in [-0.2, -0.15) is 0 Å². The molecule has 25 heavy (non-hydrogen) atoms. The lowest BCUT2D eigenvalue weighted by atomic mass is 9.92. The lowest BCUT2D eigenvalue weighted by Gasteiger charge is -2.12. The summed E-state index contributed by atoms with van der Waals surface area (Å²) in [5, 5.41) is 2.32. The van der Waals surface area contributed by atoms with Gasteiger partial charge in [-0.05, 0) is 29.1 Å². The van der Waals surface area contributed by atoms with Gasteiger partial charge in [-0.1, -0.05) is 47.3 Å². The number of benzene rings is 3. The summed E-state index contributed by atoms with van der Waals surface area (Å²) in [4.78, 5) is 4.67. The number of fused-ring (bicyclic) bond motifs is 1. The van der Waals surface area contributed by atoms with Crippen molar-refractivity contribution in [1.29, 1.82) is 0 Å². The van der Waals surface area contributed by atoms with Gasteiger partial charge in [0, 0.05) is 19.2 Å². The van der Waals surface area contributed by atoms with Crippen molar-refractivity contribution in [3.8, 4) is 11.8 Å². The fourth-order valence-corrected chi connectivity index (χ4v) is 2.98. The Labute approximate surface area is 148 Å². The molecule has 3 aromatic carbocycles. The minimum atomic E-state index is -0.292. The third-order valence-electron chi connectivity index (χ3n) is 4.26. The first kappa shape index (κ1) is 16.9. The first-order chi connectivity index (χ1) is 12.0. The van der Waals surface area contributed by atoms with Crippen molar-refractivity contribution in [2.45, 2.75) is 25.8 Å². The number of anilines is 1. The van der Waals surface area contributed by atoms with E-state index in [-0.39, 0.29) is 5.54 Å². The molecule has 0 fully saturated rings. The second kappa shape index (κ2) is 6.86. The van der Waals surface area contributed by atoms with Gasteiger partial charge in [0.15, 0.2) is 0 Å². The van der Waals surface area contributed by atoms with Gasteiger partial charge in [-0.3, -0.25) is 0 Å². The molecule has 0 aliphatic rings. The first-order valence-electron chi connectivity index (χ1n) is 8.37. The van der Waals surface area contributed by atoms with E-state index in [1.165, 1.54) is 10.9 Å². The van der Waals surface area contributed by atoms with Crippen LogP contribution in [-0.2, 0) is 6.42 Å². The van der Waals surface area contributed by atoms with Gasteiger partial charge >= 0.3 is 6.07 Å². The monoisotopic (exact) mass is 331 g/mol. The Balaban J connectivity index is 1.94. The molecule has 0 unspecified atom stereocenters. The van der Waals surface area contributed by atoms with Crippen LogP contribution in [0.25, 0.3) is 15.6 Å². The van der Waals surface area contributed by atoms with E-state index in [0.29, 0.717) is 5.69 Å². The van der Waals surface area contributed by atoms with E-state index in [0.717, 1.165) is 23.1 Å². The Morgan fingerprint density at radius 2 is 1.64 bits per heavy atom. The van der Waals surface area contributed by atoms with Crippen molar-refractivity contribution in [3.63, 3.8) is 0 Å². The highest BCUT2D eigenvalue weighted by Crippen LogP contribution is 2.31. The Bertz CT molecular complexity index is 964. The second-order valence-electron chi connectivity index (χ2n) is 6.77.